The molecule has 0 spiro atoms. The minimum absolute atomic E-state index is 0.0423. The van der Waals surface area contributed by atoms with Gasteiger partial charge in [0.05, 0.1) is 0 Å². The predicted octanol–water partition coefficient (Wildman–Crippen LogP) is 0.193. The third kappa shape index (κ3) is 3.24. The number of hydrogen-bond donors (Lipinski definition) is 2. The van der Waals surface area contributed by atoms with E-state index < -0.39 is 20.7 Å². The first kappa shape index (κ1) is 18.1. The standard InChI is InChI=1S/C16H23N3O5S/c20-15(17-21)16(6-12-24-13-7-16)25(22,23)19-10-8-18(9-11-19)14-4-2-1-3-5-14/h1-5,21H,6-13H2,(H,17,20). The highest BCUT2D eigenvalue weighted by Crippen LogP contribution is 2.33. The number of carbonyl (C=O) groups is 1. The number of carbonyl (C=O) groups excluding carboxylic acids is 1. The van der Waals surface area contributed by atoms with Crippen LogP contribution in [0.3, 0.4) is 0 Å². The molecule has 8 nitrogen and oxygen atoms in total. The van der Waals surface area contributed by atoms with Crippen LogP contribution in [0.25, 0.3) is 0 Å². The Morgan fingerprint density at radius 3 is 2.24 bits per heavy atom. The van der Waals surface area contributed by atoms with Gasteiger partial charge in [-0.15, -0.1) is 0 Å². The largest absolute Gasteiger partial charge is 0.381 e. The zero-order valence-electron chi connectivity index (χ0n) is 13.9. The fraction of sp³-hybridized carbons (Fsp3) is 0.562. The van der Waals surface area contributed by atoms with Gasteiger partial charge >= 0.3 is 0 Å². The van der Waals surface area contributed by atoms with Crippen molar-refractivity contribution in [3.63, 3.8) is 0 Å². The number of benzene rings is 1. The molecule has 2 saturated heterocycles. The molecule has 2 fully saturated rings. The molecule has 9 heteroatoms. The van der Waals surface area contributed by atoms with Crippen LogP contribution in [0.4, 0.5) is 5.69 Å². The molecule has 0 atom stereocenters. The van der Waals surface area contributed by atoms with Crippen LogP contribution in [0.5, 0.6) is 0 Å². The number of hydrogen-bond acceptors (Lipinski definition) is 6. The molecule has 2 N–H and O–H groups in total. The maximum absolute atomic E-state index is 13.2. The number of anilines is 1. The van der Waals surface area contributed by atoms with Crippen molar-refractivity contribution in [3.05, 3.63) is 30.3 Å². The van der Waals surface area contributed by atoms with Crippen molar-refractivity contribution in [1.82, 2.24) is 9.79 Å². The number of nitrogens with one attached hydrogen (secondary N) is 1. The van der Waals surface area contributed by atoms with Crippen molar-refractivity contribution in [2.24, 2.45) is 0 Å². The van der Waals surface area contributed by atoms with Crippen molar-refractivity contribution in [1.29, 1.82) is 0 Å². The topological polar surface area (TPSA) is 99.2 Å². The zero-order valence-corrected chi connectivity index (χ0v) is 14.7. The molecule has 0 bridgehead atoms. The summed E-state index contributed by atoms with van der Waals surface area (Å²) in [6.07, 6.45) is 0.0846. The van der Waals surface area contributed by atoms with Crippen LogP contribution in [0.2, 0.25) is 0 Å². The summed E-state index contributed by atoms with van der Waals surface area (Å²) in [7, 11) is -3.91. The van der Waals surface area contributed by atoms with Crippen molar-refractivity contribution >= 4 is 21.6 Å². The van der Waals surface area contributed by atoms with Gasteiger partial charge in [0.25, 0.3) is 5.91 Å². The third-order valence-corrected chi connectivity index (χ3v) is 7.64. The summed E-state index contributed by atoms with van der Waals surface area (Å²) in [5.41, 5.74) is 2.59. The molecule has 0 aliphatic carbocycles. The van der Waals surface area contributed by atoms with Crippen LogP contribution >= 0.6 is 0 Å². The van der Waals surface area contributed by atoms with Gasteiger partial charge in [-0.05, 0) is 12.1 Å². The smallest absolute Gasteiger partial charge is 0.266 e. The number of hydroxylamine groups is 1. The highest BCUT2D eigenvalue weighted by Gasteiger charge is 2.54. The van der Waals surface area contributed by atoms with Gasteiger partial charge in [-0.2, -0.15) is 4.31 Å². The first-order valence-corrected chi connectivity index (χ1v) is 9.77. The molecule has 25 heavy (non-hydrogen) atoms. The van der Waals surface area contributed by atoms with E-state index in [1.54, 1.807) is 5.48 Å². The number of piperazine rings is 1. The number of ether oxygens (including phenoxy) is 1. The Hall–Kier alpha value is -1.68. The Morgan fingerprint density at radius 1 is 1.08 bits per heavy atom. The summed E-state index contributed by atoms with van der Waals surface area (Å²) in [4.78, 5) is 14.4. The number of nitrogens with zero attached hydrogens (tertiary/aromatic N) is 2. The van der Waals surface area contributed by atoms with E-state index in [0.717, 1.165) is 5.69 Å². The van der Waals surface area contributed by atoms with E-state index in [0.29, 0.717) is 26.2 Å². The Balaban J connectivity index is 1.77. The minimum Gasteiger partial charge on any atom is -0.381 e. The molecule has 138 valence electrons. The lowest BCUT2D eigenvalue weighted by Gasteiger charge is -2.41. The van der Waals surface area contributed by atoms with Crippen molar-refractivity contribution in [2.75, 3.05) is 44.3 Å². The summed E-state index contributed by atoms with van der Waals surface area (Å²) in [5.74, 6) is -0.874. The molecule has 2 aliphatic heterocycles. The average Bonchev–Trinajstić information content (AvgIpc) is 2.68. The van der Waals surface area contributed by atoms with Crippen LogP contribution in [0.1, 0.15) is 12.8 Å². The normalized spacial score (nSPS) is 21.7. The molecule has 2 heterocycles. The van der Waals surface area contributed by atoms with Gasteiger partial charge in [0.15, 0.2) is 4.75 Å². The lowest BCUT2D eigenvalue weighted by Crippen LogP contribution is -2.62. The molecule has 1 aromatic rings. The Kier molecular flexibility index (Phi) is 5.28. The summed E-state index contributed by atoms with van der Waals surface area (Å²) in [6.45, 7) is 2.07. The van der Waals surface area contributed by atoms with E-state index in [1.807, 2.05) is 30.3 Å². The van der Waals surface area contributed by atoms with Crippen LogP contribution in [-0.2, 0) is 19.6 Å². The summed E-state index contributed by atoms with van der Waals surface area (Å²) < 4.78 is 31.3. The summed E-state index contributed by atoms with van der Waals surface area (Å²) in [5, 5.41) is 9.07. The monoisotopic (exact) mass is 369 g/mol. The average molecular weight is 369 g/mol. The zero-order chi connectivity index (χ0) is 17.9. The number of amides is 1. The Labute approximate surface area is 147 Å². The highest BCUT2D eigenvalue weighted by molar-refractivity contribution is 7.91. The van der Waals surface area contributed by atoms with Crippen LogP contribution < -0.4 is 10.4 Å². The first-order chi connectivity index (χ1) is 12.0. The first-order valence-electron chi connectivity index (χ1n) is 8.33. The van der Waals surface area contributed by atoms with Crippen LogP contribution in [0.15, 0.2) is 30.3 Å². The number of rotatable bonds is 4. The SMILES string of the molecule is O=C(NO)C1(S(=O)(=O)N2CCN(c3ccccc3)CC2)CCOCC1. The van der Waals surface area contributed by atoms with Crippen LogP contribution in [0, 0.1) is 0 Å². The lowest BCUT2D eigenvalue weighted by atomic mass is 9.98. The predicted molar refractivity (Wildman–Crippen MR) is 91.9 cm³/mol. The second-order valence-electron chi connectivity index (χ2n) is 6.27. The van der Waals surface area contributed by atoms with E-state index in [2.05, 4.69) is 4.90 Å². The highest BCUT2D eigenvalue weighted by atomic mass is 32.2. The van der Waals surface area contributed by atoms with Gasteiger partial charge in [0, 0.05) is 57.9 Å². The second-order valence-corrected chi connectivity index (χ2v) is 8.52. The minimum atomic E-state index is -3.91. The molecule has 1 amide bonds. The van der Waals surface area contributed by atoms with Crippen molar-refractivity contribution in [2.45, 2.75) is 17.6 Å². The van der Waals surface area contributed by atoms with Crippen molar-refractivity contribution < 1.29 is 23.2 Å². The lowest BCUT2D eigenvalue weighted by molar-refractivity contribution is -0.134. The summed E-state index contributed by atoms with van der Waals surface area (Å²) >= 11 is 0. The van der Waals surface area contributed by atoms with Crippen LogP contribution in [-0.4, -0.2) is 68.0 Å². The maximum atomic E-state index is 13.2. The fourth-order valence-corrected chi connectivity index (χ4v) is 5.58. The Bertz CT molecular complexity index is 696. The van der Waals surface area contributed by atoms with Gasteiger partial charge in [-0.3, -0.25) is 10.0 Å². The molecule has 0 aromatic heterocycles. The quantitative estimate of drug-likeness (QED) is 0.581. The second kappa shape index (κ2) is 7.28. The van der Waals surface area contributed by atoms with E-state index in [1.165, 1.54) is 4.31 Å². The Morgan fingerprint density at radius 2 is 1.68 bits per heavy atom. The van der Waals surface area contributed by atoms with E-state index in [9.17, 15) is 13.2 Å². The van der Waals surface area contributed by atoms with Gasteiger partial charge in [0.2, 0.25) is 10.0 Å². The van der Waals surface area contributed by atoms with E-state index in [4.69, 9.17) is 9.94 Å². The molecule has 1 aromatic carbocycles. The van der Waals surface area contributed by atoms with Crippen molar-refractivity contribution in [3.8, 4) is 0 Å². The third-order valence-electron chi connectivity index (χ3n) is 5.01. The van der Waals surface area contributed by atoms with Gasteiger partial charge < -0.3 is 9.64 Å². The molecule has 0 unspecified atom stereocenters. The van der Waals surface area contributed by atoms with Gasteiger partial charge in [-0.25, -0.2) is 13.9 Å². The summed E-state index contributed by atoms with van der Waals surface area (Å²) in [6, 6.07) is 9.81. The fourth-order valence-electron chi connectivity index (χ4n) is 3.48. The number of sulfonamides is 1. The maximum Gasteiger partial charge on any atom is 0.266 e. The van der Waals surface area contributed by atoms with Gasteiger partial charge in [0.1, 0.15) is 0 Å². The number of para-hydroxylation sites is 1. The van der Waals surface area contributed by atoms with Gasteiger partial charge in [-0.1, -0.05) is 18.2 Å². The molecule has 0 radical (unpaired) electrons. The molecule has 3 rings (SSSR count). The molecule has 0 saturated carbocycles. The molecule has 2 aliphatic rings. The van der Waals surface area contributed by atoms with E-state index >= 15 is 0 Å². The molecular weight excluding hydrogens is 346 g/mol. The van der Waals surface area contributed by atoms with E-state index in [-0.39, 0.29) is 26.1 Å². The molecular formula is C16H23N3O5S.